The van der Waals surface area contributed by atoms with Gasteiger partial charge in [-0.15, -0.1) is 0 Å². The summed E-state index contributed by atoms with van der Waals surface area (Å²) in [6, 6.07) is 21.3. The highest BCUT2D eigenvalue weighted by Gasteiger charge is 2.14. The Kier molecular flexibility index (Phi) is 6.01. The largest absolute Gasteiger partial charge is 0.300 e. The average molecular weight is 367 g/mol. The fourth-order valence-electron chi connectivity index (χ4n) is 2.98. The fourth-order valence-corrected chi connectivity index (χ4v) is 3.27. The molecule has 0 aliphatic rings. The van der Waals surface area contributed by atoms with Crippen molar-refractivity contribution in [2.75, 3.05) is 0 Å². The van der Waals surface area contributed by atoms with Gasteiger partial charge in [0.2, 0.25) is 0 Å². The van der Waals surface area contributed by atoms with Crippen LogP contribution in [0.15, 0.2) is 60.7 Å². The van der Waals surface area contributed by atoms with Crippen molar-refractivity contribution in [3.63, 3.8) is 0 Å². The van der Waals surface area contributed by atoms with Gasteiger partial charge in [-0.3, -0.25) is 9.47 Å². The van der Waals surface area contributed by atoms with Gasteiger partial charge in [0, 0.05) is 12.6 Å². The van der Waals surface area contributed by atoms with Crippen LogP contribution in [0.2, 0.25) is 0 Å². The Morgan fingerprint density at radius 2 is 1.54 bits per heavy atom. The maximum absolute atomic E-state index is 5.72. The van der Waals surface area contributed by atoms with Crippen molar-refractivity contribution in [3.05, 3.63) is 82.4 Å². The first-order valence-electron chi connectivity index (χ1n) is 9.00. The summed E-state index contributed by atoms with van der Waals surface area (Å²) in [5.41, 5.74) is 2.53. The summed E-state index contributed by atoms with van der Waals surface area (Å²) < 4.78 is 4.81. The molecule has 136 valence electrons. The summed E-state index contributed by atoms with van der Waals surface area (Å²) >= 11 is 5.72. The topological polar surface area (TPSA) is 26.0 Å². The van der Waals surface area contributed by atoms with Crippen molar-refractivity contribution in [2.45, 2.75) is 46.6 Å². The highest BCUT2D eigenvalue weighted by atomic mass is 32.1. The van der Waals surface area contributed by atoms with Crippen LogP contribution in [0.25, 0.3) is 0 Å². The molecule has 0 fully saturated rings. The molecule has 5 heteroatoms. The molecule has 1 heterocycles. The van der Waals surface area contributed by atoms with Crippen molar-refractivity contribution < 1.29 is 0 Å². The van der Waals surface area contributed by atoms with Crippen LogP contribution in [0.4, 0.5) is 0 Å². The highest BCUT2D eigenvalue weighted by Crippen LogP contribution is 2.12. The lowest BCUT2D eigenvalue weighted by molar-refractivity contribution is 0.153. The Bertz CT molecular complexity index is 881. The Morgan fingerprint density at radius 3 is 2.12 bits per heavy atom. The Hall–Kier alpha value is -2.24. The summed E-state index contributed by atoms with van der Waals surface area (Å²) in [5.74, 6) is 0.947. The SMILES string of the molecule is Cc1nn(CN(Cc2ccccc2)C(C)C)c(=S)n1Cc1ccccc1. The second-order valence-electron chi connectivity index (χ2n) is 6.87. The molecule has 0 bridgehead atoms. The zero-order chi connectivity index (χ0) is 18.5. The molecule has 0 spiro atoms. The second-order valence-corrected chi connectivity index (χ2v) is 7.23. The normalized spacial score (nSPS) is 11.4. The van der Waals surface area contributed by atoms with Gasteiger partial charge in [-0.2, -0.15) is 5.10 Å². The average Bonchev–Trinajstić information content (AvgIpc) is 2.90. The third kappa shape index (κ3) is 4.48. The van der Waals surface area contributed by atoms with Crippen LogP contribution in [-0.4, -0.2) is 25.3 Å². The predicted molar refractivity (Wildman–Crippen MR) is 108 cm³/mol. The van der Waals surface area contributed by atoms with E-state index in [4.69, 9.17) is 17.3 Å². The summed E-state index contributed by atoms with van der Waals surface area (Å²) in [5, 5.41) is 4.70. The molecule has 0 unspecified atom stereocenters. The molecule has 4 nitrogen and oxygen atoms in total. The lowest BCUT2D eigenvalue weighted by Crippen LogP contribution is -2.33. The summed E-state index contributed by atoms with van der Waals surface area (Å²) in [7, 11) is 0. The number of hydrogen-bond donors (Lipinski definition) is 0. The number of hydrogen-bond acceptors (Lipinski definition) is 3. The summed E-state index contributed by atoms with van der Waals surface area (Å²) in [4.78, 5) is 2.38. The third-order valence-corrected chi connectivity index (χ3v) is 5.00. The van der Waals surface area contributed by atoms with Crippen LogP contribution in [0.5, 0.6) is 0 Å². The van der Waals surface area contributed by atoms with Gasteiger partial charge in [-0.25, -0.2) is 4.68 Å². The molecule has 0 N–H and O–H groups in total. The minimum atomic E-state index is 0.400. The van der Waals surface area contributed by atoms with E-state index in [0.29, 0.717) is 12.7 Å². The predicted octanol–water partition coefficient (Wildman–Crippen LogP) is 4.64. The molecular formula is C21H26N4S. The van der Waals surface area contributed by atoms with Gasteiger partial charge in [-0.05, 0) is 44.1 Å². The van der Waals surface area contributed by atoms with E-state index in [1.165, 1.54) is 11.1 Å². The Morgan fingerprint density at radius 1 is 0.962 bits per heavy atom. The molecule has 0 atom stereocenters. The maximum atomic E-state index is 5.72. The molecule has 3 aromatic rings. The van der Waals surface area contributed by atoms with Crippen LogP contribution in [0, 0.1) is 11.7 Å². The van der Waals surface area contributed by atoms with Gasteiger partial charge in [0.15, 0.2) is 4.77 Å². The lowest BCUT2D eigenvalue weighted by Gasteiger charge is -2.26. The van der Waals surface area contributed by atoms with Crippen molar-refractivity contribution >= 4 is 12.2 Å². The Labute approximate surface area is 160 Å². The minimum Gasteiger partial charge on any atom is -0.300 e. The number of aromatic nitrogens is 3. The molecular weight excluding hydrogens is 340 g/mol. The van der Waals surface area contributed by atoms with Crippen molar-refractivity contribution in [1.29, 1.82) is 0 Å². The Balaban J connectivity index is 1.80. The quantitative estimate of drug-likeness (QED) is 0.570. The first-order chi connectivity index (χ1) is 12.5. The van der Waals surface area contributed by atoms with Gasteiger partial charge in [0.25, 0.3) is 0 Å². The van der Waals surface area contributed by atoms with Gasteiger partial charge in [0.1, 0.15) is 5.82 Å². The molecule has 26 heavy (non-hydrogen) atoms. The summed E-state index contributed by atoms with van der Waals surface area (Å²) in [6.07, 6.45) is 0. The van der Waals surface area contributed by atoms with E-state index in [0.717, 1.165) is 23.7 Å². The van der Waals surface area contributed by atoms with E-state index in [2.05, 4.69) is 71.8 Å². The van der Waals surface area contributed by atoms with Gasteiger partial charge >= 0.3 is 0 Å². The standard InChI is InChI=1S/C21H26N4S/c1-17(2)23(14-19-10-6-4-7-11-19)16-25-21(26)24(18(3)22-25)15-20-12-8-5-9-13-20/h4-13,17H,14-16H2,1-3H3. The molecule has 0 radical (unpaired) electrons. The van der Waals surface area contributed by atoms with Crippen molar-refractivity contribution in [2.24, 2.45) is 0 Å². The monoisotopic (exact) mass is 366 g/mol. The van der Waals surface area contributed by atoms with Gasteiger partial charge in [0.05, 0.1) is 13.2 Å². The fraction of sp³-hybridized carbons (Fsp3) is 0.333. The van der Waals surface area contributed by atoms with Crippen LogP contribution in [0.3, 0.4) is 0 Å². The molecule has 1 aromatic heterocycles. The molecule has 0 aliphatic heterocycles. The van der Waals surface area contributed by atoms with Gasteiger partial charge in [-0.1, -0.05) is 60.7 Å². The maximum Gasteiger partial charge on any atom is 0.199 e. The molecule has 0 amide bonds. The number of aryl methyl sites for hydroxylation is 1. The lowest BCUT2D eigenvalue weighted by atomic mass is 10.2. The van der Waals surface area contributed by atoms with Crippen molar-refractivity contribution in [1.82, 2.24) is 19.2 Å². The molecule has 0 aliphatic carbocycles. The smallest absolute Gasteiger partial charge is 0.199 e. The molecule has 0 saturated heterocycles. The third-order valence-electron chi connectivity index (χ3n) is 4.57. The molecule has 2 aromatic carbocycles. The van der Waals surface area contributed by atoms with Crippen LogP contribution in [-0.2, 0) is 19.8 Å². The van der Waals surface area contributed by atoms with E-state index < -0.39 is 0 Å². The molecule has 0 saturated carbocycles. The first kappa shape index (κ1) is 18.5. The van der Waals surface area contributed by atoms with E-state index in [1.807, 2.05) is 23.7 Å². The second kappa shape index (κ2) is 8.43. The van der Waals surface area contributed by atoms with E-state index >= 15 is 0 Å². The number of nitrogens with zero attached hydrogens (tertiary/aromatic N) is 4. The van der Waals surface area contributed by atoms with E-state index in [-0.39, 0.29) is 0 Å². The van der Waals surface area contributed by atoms with Crippen molar-refractivity contribution in [3.8, 4) is 0 Å². The summed E-state index contributed by atoms with van der Waals surface area (Å²) in [6.45, 7) is 8.76. The minimum absolute atomic E-state index is 0.400. The zero-order valence-corrected chi connectivity index (χ0v) is 16.5. The van der Waals surface area contributed by atoms with Crippen LogP contribution < -0.4 is 0 Å². The van der Waals surface area contributed by atoms with E-state index in [9.17, 15) is 0 Å². The van der Waals surface area contributed by atoms with E-state index in [1.54, 1.807) is 0 Å². The van der Waals surface area contributed by atoms with Gasteiger partial charge < -0.3 is 0 Å². The van der Waals surface area contributed by atoms with Crippen LogP contribution in [0.1, 0.15) is 30.8 Å². The first-order valence-corrected chi connectivity index (χ1v) is 9.41. The number of benzene rings is 2. The van der Waals surface area contributed by atoms with Crippen LogP contribution >= 0.6 is 12.2 Å². The molecule has 3 rings (SSSR count). The zero-order valence-electron chi connectivity index (χ0n) is 15.7. The highest BCUT2D eigenvalue weighted by molar-refractivity contribution is 7.71. The number of rotatable bonds is 7.